The van der Waals surface area contributed by atoms with E-state index in [0.717, 1.165) is 19.1 Å². The zero-order valence-electron chi connectivity index (χ0n) is 8.18. The summed E-state index contributed by atoms with van der Waals surface area (Å²) >= 11 is 0. The van der Waals surface area contributed by atoms with Crippen molar-refractivity contribution >= 4 is 19.7 Å². The van der Waals surface area contributed by atoms with Crippen LogP contribution >= 0.6 is 10.7 Å². The van der Waals surface area contributed by atoms with Gasteiger partial charge in [-0.3, -0.25) is 0 Å². The van der Waals surface area contributed by atoms with Crippen molar-refractivity contribution in [3.8, 4) is 0 Å². The number of alkyl halides is 1. The van der Waals surface area contributed by atoms with Gasteiger partial charge in [0.2, 0.25) is 9.05 Å². The summed E-state index contributed by atoms with van der Waals surface area (Å²) < 4.78 is 60.7. The molecule has 0 spiro atoms. The molecule has 2 nitrogen and oxygen atoms in total. The minimum Gasteiger partial charge on any atom is -0.238 e. The Morgan fingerprint density at radius 1 is 1.31 bits per heavy atom. The van der Waals surface area contributed by atoms with Crippen LogP contribution < -0.4 is 0 Å². The van der Waals surface area contributed by atoms with Gasteiger partial charge in [-0.1, -0.05) is 6.07 Å². The fourth-order valence-corrected chi connectivity index (χ4v) is 2.66. The van der Waals surface area contributed by atoms with Crippen LogP contribution in [-0.4, -0.2) is 14.2 Å². The van der Waals surface area contributed by atoms with Gasteiger partial charge >= 0.3 is 0 Å². The number of hydrogen-bond donors (Lipinski definition) is 0. The molecule has 1 rings (SSSR count). The van der Waals surface area contributed by atoms with Crippen LogP contribution in [0.1, 0.15) is 12.5 Å². The van der Waals surface area contributed by atoms with E-state index in [0.29, 0.717) is 6.07 Å². The second-order valence-electron chi connectivity index (χ2n) is 3.51. The molecule has 0 heterocycles. The normalized spacial score (nSPS) is 15.8. The zero-order valence-corrected chi connectivity index (χ0v) is 9.75. The topological polar surface area (TPSA) is 34.1 Å². The molecule has 0 aliphatic carbocycles. The first-order valence-electron chi connectivity index (χ1n) is 4.18. The Labute approximate surface area is 95.5 Å². The molecule has 1 aromatic rings. The van der Waals surface area contributed by atoms with E-state index in [2.05, 4.69) is 0 Å². The van der Waals surface area contributed by atoms with Crippen molar-refractivity contribution in [1.29, 1.82) is 0 Å². The Bertz CT molecular complexity index is 499. The standard InChI is InChI=1S/C9H8ClF3O2S/c1-9(13,5-16(10,14)15)6-2-3-7(11)8(12)4-6/h2-4H,5H2,1H3. The SMILES string of the molecule is CC(F)(CS(=O)(=O)Cl)c1ccc(F)c(F)c1. The number of hydrogen-bond acceptors (Lipinski definition) is 2. The third-order valence-electron chi connectivity index (χ3n) is 1.96. The largest absolute Gasteiger partial charge is 0.238 e. The quantitative estimate of drug-likeness (QED) is 0.793. The molecule has 1 atom stereocenters. The van der Waals surface area contributed by atoms with Crippen molar-refractivity contribution < 1.29 is 21.6 Å². The summed E-state index contributed by atoms with van der Waals surface area (Å²) in [7, 11) is 0.831. The van der Waals surface area contributed by atoms with Crippen LogP contribution in [0.25, 0.3) is 0 Å². The van der Waals surface area contributed by atoms with E-state index in [1.54, 1.807) is 0 Å². The predicted molar refractivity (Wildman–Crippen MR) is 54.5 cm³/mol. The number of halogens is 4. The van der Waals surface area contributed by atoms with E-state index >= 15 is 0 Å². The fourth-order valence-electron chi connectivity index (χ4n) is 1.23. The summed E-state index contributed by atoms with van der Waals surface area (Å²) in [6, 6.07) is 2.31. The minimum absolute atomic E-state index is 0.282. The molecule has 0 N–H and O–H groups in total. The molecule has 0 bridgehead atoms. The molecular weight excluding hydrogens is 265 g/mol. The Morgan fingerprint density at radius 2 is 1.88 bits per heavy atom. The first-order chi connectivity index (χ1) is 7.12. The highest BCUT2D eigenvalue weighted by Crippen LogP contribution is 2.29. The van der Waals surface area contributed by atoms with Gasteiger partial charge in [-0.25, -0.2) is 21.6 Å². The van der Waals surface area contributed by atoms with Gasteiger partial charge in [0.1, 0.15) is 11.4 Å². The molecule has 0 saturated carbocycles. The summed E-state index contributed by atoms with van der Waals surface area (Å²) in [5.74, 6) is -3.38. The molecule has 1 aromatic carbocycles. The molecule has 0 aromatic heterocycles. The predicted octanol–water partition coefficient (Wildman–Crippen LogP) is 2.72. The van der Waals surface area contributed by atoms with Gasteiger partial charge in [0.25, 0.3) is 0 Å². The first-order valence-corrected chi connectivity index (χ1v) is 6.66. The first kappa shape index (κ1) is 13.3. The highest BCUT2D eigenvalue weighted by Gasteiger charge is 2.32. The molecule has 0 saturated heterocycles. The maximum absolute atomic E-state index is 13.9. The molecular formula is C9H8ClF3O2S. The highest BCUT2D eigenvalue weighted by atomic mass is 35.7. The molecule has 16 heavy (non-hydrogen) atoms. The van der Waals surface area contributed by atoms with Crippen molar-refractivity contribution in [2.45, 2.75) is 12.6 Å². The van der Waals surface area contributed by atoms with E-state index in [1.165, 1.54) is 0 Å². The van der Waals surface area contributed by atoms with E-state index in [9.17, 15) is 21.6 Å². The summed E-state index contributed by atoms with van der Waals surface area (Å²) in [6.45, 7) is 0.930. The van der Waals surface area contributed by atoms with Crippen molar-refractivity contribution in [1.82, 2.24) is 0 Å². The van der Waals surface area contributed by atoms with Gasteiger partial charge < -0.3 is 0 Å². The lowest BCUT2D eigenvalue weighted by Crippen LogP contribution is -2.24. The maximum Gasteiger partial charge on any atom is 0.236 e. The molecule has 7 heteroatoms. The second-order valence-corrected chi connectivity index (χ2v) is 6.29. The van der Waals surface area contributed by atoms with Gasteiger partial charge in [0.15, 0.2) is 11.6 Å². The van der Waals surface area contributed by atoms with E-state index < -0.39 is 32.1 Å². The average molecular weight is 273 g/mol. The molecule has 1 unspecified atom stereocenters. The number of benzene rings is 1. The molecule has 90 valence electrons. The maximum atomic E-state index is 13.9. The highest BCUT2D eigenvalue weighted by molar-refractivity contribution is 8.13. The monoisotopic (exact) mass is 272 g/mol. The Hall–Kier alpha value is -0.750. The fraction of sp³-hybridized carbons (Fsp3) is 0.333. The van der Waals surface area contributed by atoms with E-state index in [4.69, 9.17) is 10.7 Å². The van der Waals surface area contributed by atoms with Crippen molar-refractivity contribution in [3.05, 3.63) is 35.4 Å². The van der Waals surface area contributed by atoms with E-state index in [1.807, 2.05) is 0 Å². The van der Waals surface area contributed by atoms with Crippen LogP contribution in [0.4, 0.5) is 13.2 Å². The van der Waals surface area contributed by atoms with E-state index in [-0.39, 0.29) is 5.56 Å². The van der Waals surface area contributed by atoms with Gasteiger partial charge in [0, 0.05) is 10.7 Å². The zero-order chi connectivity index (χ0) is 12.6. The lowest BCUT2D eigenvalue weighted by atomic mass is 10.00. The van der Waals surface area contributed by atoms with Gasteiger partial charge in [-0.15, -0.1) is 0 Å². The molecule has 0 fully saturated rings. The smallest absolute Gasteiger partial charge is 0.236 e. The van der Waals surface area contributed by atoms with Crippen molar-refractivity contribution in [2.24, 2.45) is 0 Å². The summed E-state index contributed by atoms with van der Waals surface area (Å²) in [5, 5.41) is 0. The molecule has 0 aliphatic heterocycles. The molecule has 0 aliphatic rings. The van der Waals surface area contributed by atoms with Crippen molar-refractivity contribution in [2.75, 3.05) is 5.75 Å². The third-order valence-corrected chi connectivity index (χ3v) is 3.18. The van der Waals surface area contributed by atoms with Crippen LogP contribution in [0.5, 0.6) is 0 Å². The Morgan fingerprint density at radius 3 is 2.31 bits per heavy atom. The minimum atomic E-state index is -4.07. The average Bonchev–Trinajstić information content (AvgIpc) is 2.05. The summed E-state index contributed by atoms with van der Waals surface area (Å²) in [4.78, 5) is 0. The van der Waals surface area contributed by atoms with Crippen LogP contribution in [-0.2, 0) is 14.7 Å². The second kappa shape index (κ2) is 4.25. The van der Waals surface area contributed by atoms with Gasteiger partial charge in [0.05, 0.1) is 0 Å². The molecule has 0 amide bonds. The molecule has 0 radical (unpaired) electrons. The lowest BCUT2D eigenvalue weighted by molar-refractivity contribution is 0.224. The summed E-state index contributed by atoms with van der Waals surface area (Å²) in [5.41, 5.74) is -2.65. The van der Waals surface area contributed by atoms with Crippen LogP contribution in [0, 0.1) is 11.6 Å². The Balaban J connectivity index is 3.12. The van der Waals surface area contributed by atoms with Gasteiger partial charge in [-0.2, -0.15) is 0 Å². The Kier molecular flexibility index (Phi) is 3.54. The number of rotatable bonds is 3. The van der Waals surface area contributed by atoms with Crippen LogP contribution in [0.3, 0.4) is 0 Å². The van der Waals surface area contributed by atoms with Crippen LogP contribution in [0.15, 0.2) is 18.2 Å². The van der Waals surface area contributed by atoms with Gasteiger partial charge in [-0.05, 0) is 24.6 Å². The summed E-state index contributed by atoms with van der Waals surface area (Å²) in [6.07, 6.45) is 0. The van der Waals surface area contributed by atoms with Crippen LogP contribution in [0.2, 0.25) is 0 Å². The van der Waals surface area contributed by atoms with Crippen molar-refractivity contribution in [3.63, 3.8) is 0 Å². The lowest BCUT2D eigenvalue weighted by Gasteiger charge is -2.18. The third kappa shape index (κ3) is 3.38.